The maximum absolute atomic E-state index is 13.4. The largest absolute Gasteiger partial charge is 0.287 e. The zero-order valence-electron chi connectivity index (χ0n) is 8.45. The molecule has 0 N–H and O–H groups in total. The molecule has 0 bridgehead atoms. The third-order valence-electron chi connectivity index (χ3n) is 2.13. The normalized spacial score (nSPS) is 10.3. The van der Waals surface area contributed by atoms with E-state index in [4.69, 9.17) is 0 Å². The zero-order chi connectivity index (χ0) is 12.4. The standard InChI is InChI=1S/C12H6BrF2NO/c13-7-1-3-10(15)9(5-7)12(17)11-4-2-8(14)6-16-11/h1-6H. The molecule has 1 heterocycles. The maximum atomic E-state index is 13.4. The second-order valence-electron chi connectivity index (χ2n) is 3.31. The SMILES string of the molecule is O=C(c1ccc(F)cn1)c1cc(Br)ccc1F. The van der Waals surface area contributed by atoms with Crippen LogP contribution in [0.15, 0.2) is 41.0 Å². The number of nitrogens with zero attached hydrogens (tertiary/aromatic N) is 1. The molecule has 5 heteroatoms. The quantitative estimate of drug-likeness (QED) is 0.796. The summed E-state index contributed by atoms with van der Waals surface area (Å²) in [6, 6.07) is 6.36. The van der Waals surface area contributed by atoms with Gasteiger partial charge in [-0.1, -0.05) is 15.9 Å². The summed E-state index contributed by atoms with van der Waals surface area (Å²) in [5.74, 6) is -1.76. The average Bonchev–Trinajstić information content (AvgIpc) is 2.32. The Labute approximate surface area is 104 Å². The van der Waals surface area contributed by atoms with Gasteiger partial charge >= 0.3 is 0 Å². The van der Waals surface area contributed by atoms with Gasteiger partial charge in [0.05, 0.1) is 11.8 Å². The van der Waals surface area contributed by atoms with Crippen LogP contribution in [-0.2, 0) is 0 Å². The molecule has 0 saturated carbocycles. The molecule has 0 atom stereocenters. The molecular formula is C12H6BrF2NO. The molecule has 0 aliphatic carbocycles. The summed E-state index contributed by atoms with van der Waals surface area (Å²) < 4.78 is 26.7. The van der Waals surface area contributed by atoms with Crippen molar-refractivity contribution in [3.05, 3.63) is 63.9 Å². The number of hydrogen-bond acceptors (Lipinski definition) is 2. The first-order chi connectivity index (χ1) is 8.08. The predicted molar refractivity (Wildman–Crippen MR) is 61.7 cm³/mol. The number of halogens is 3. The number of benzene rings is 1. The van der Waals surface area contributed by atoms with Crippen LogP contribution in [0.1, 0.15) is 16.1 Å². The molecule has 0 aliphatic heterocycles. The fraction of sp³-hybridized carbons (Fsp3) is 0. The monoisotopic (exact) mass is 297 g/mol. The van der Waals surface area contributed by atoms with E-state index in [1.54, 1.807) is 0 Å². The van der Waals surface area contributed by atoms with E-state index in [1.807, 2.05) is 0 Å². The topological polar surface area (TPSA) is 30.0 Å². The van der Waals surface area contributed by atoms with Gasteiger partial charge in [-0.25, -0.2) is 13.8 Å². The van der Waals surface area contributed by atoms with Gasteiger partial charge in [0, 0.05) is 4.47 Å². The first-order valence-corrected chi connectivity index (χ1v) is 5.48. The number of carbonyl (C=O) groups is 1. The Kier molecular flexibility index (Phi) is 3.28. The van der Waals surface area contributed by atoms with Gasteiger partial charge in [-0.3, -0.25) is 4.79 Å². The predicted octanol–water partition coefficient (Wildman–Crippen LogP) is 3.35. The summed E-state index contributed by atoms with van der Waals surface area (Å²) in [6.45, 7) is 0. The van der Waals surface area contributed by atoms with Gasteiger partial charge < -0.3 is 0 Å². The van der Waals surface area contributed by atoms with Crippen LogP contribution in [0.2, 0.25) is 0 Å². The van der Waals surface area contributed by atoms with Crippen molar-refractivity contribution in [2.24, 2.45) is 0 Å². The Morgan fingerprint density at radius 1 is 1.18 bits per heavy atom. The van der Waals surface area contributed by atoms with Crippen LogP contribution in [0.25, 0.3) is 0 Å². The van der Waals surface area contributed by atoms with Crippen LogP contribution < -0.4 is 0 Å². The first-order valence-electron chi connectivity index (χ1n) is 4.69. The summed E-state index contributed by atoms with van der Waals surface area (Å²) in [4.78, 5) is 15.5. The van der Waals surface area contributed by atoms with Crippen molar-refractivity contribution in [3.8, 4) is 0 Å². The van der Waals surface area contributed by atoms with Crippen LogP contribution in [-0.4, -0.2) is 10.8 Å². The van der Waals surface area contributed by atoms with Gasteiger partial charge in [0.15, 0.2) is 0 Å². The third-order valence-corrected chi connectivity index (χ3v) is 2.63. The van der Waals surface area contributed by atoms with E-state index in [9.17, 15) is 13.6 Å². The van der Waals surface area contributed by atoms with Crippen LogP contribution >= 0.6 is 15.9 Å². The minimum absolute atomic E-state index is 0.00315. The summed E-state index contributed by atoms with van der Waals surface area (Å²) in [6.07, 6.45) is 0.920. The smallest absolute Gasteiger partial charge is 0.214 e. The second kappa shape index (κ2) is 4.71. The molecule has 0 fully saturated rings. The summed E-state index contributed by atoms with van der Waals surface area (Å²) in [7, 11) is 0. The van der Waals surface area contributed by atoms with Gasteiger partial charge in [0.2, 0.25) is 5.78 Å². The Morgan fingerprint density at radius 2 is 1.94 bits per heavy atom. The molecule has 1 aromatic carbocycles. The van der Waals surface area contributed by atoms with E-state index in [0.29, 0.717) is 4.47 Å². The highest BCUT2D eigenvalue weighted by atomic mass is 79.9. The highest BCUT2D eigenvalue weighted by molar-refractivity contribution is 9.10. The number of rotatable bonds is 2. The highest BCUT2D eigenvalue weighted by Crippen LogP contribution is 2.18. The van der Waals surface area contributed by atoms with E-state index < -0.39 is 17.4 Å². The molecule has 2 nitrogen and oxygen atoms in total. The van der Waals surface area contributed by atoms with Crippen LogP contribution in [0.5, 0.6) is 0 Å². The van der Waals surface area contributed by atoms with Crippen molar-refractivity contribution >= 4 is 21.7 Å². The van der Waals surface area contributed by atoms with Crippen LogP contribution in [0, 0.1) is 11.6 Å². The first kappa shape index (κ1) is 11.9. The highest BCUT2D eigenvalue weighted by Gasteiger charge is 2.15. The van der Waals surface area contributed by atoms with Gasteiger partial charge in [-0.05, 0) is 30.3 Å². The van der Waals surface area contributed by atoms with E-state index in [2.05, 4.69) is 20.9 Å². The molecule has 2 aromatic rings. The molecule has 0 unspecified atom stereocenters. The molecule has 0 amide bonds. The Balaban J connectivity index is 2.43. The van der Waals surface area contributed by atoms with Crippen LogP contribution in [0.3, 0.4) is 0 Å². The van der Waals surface area contributed by atoms with E-state index >= 15 is 0 Å². The maximum Gasteiger partial charge on any atom is 0.214 e. The van der Waals surface area contributed by atoms with E-state index in [0.717, 1.165) is 12.3 Å². The number of hydrogen-bond donors (Lipinski definition) is 0. The Bertz CT molecular complexity index is 569. The molecule has 86 valence electrons. The number of ketones is 1. The number of aromatic nitrogens is 1. The third kappa shape index (κ3) is 2.55. The molecule has 17 heavy (non-hydrogen) atoms. The molecule has 0 radical (unpaired) electrons. The number of pyridine rings is 1. The molecule has 1 aromatic heterocycles. The lowest BCUT2D eigenvalue weighted by Crippen LogP contribution is -2.06. The van der Waals surface area contributed by atoms with Crippen molar-refractivity contribution in [2.75, 3.05) is 0 Å². The fourth-order valence-corrected chi connectivity index (χ4v) is 1.68. The fourth-order valence-electron chi connectivity index (χ4n) is 1.32. The van der Waals surface area contributed by atoms with Crippen molar-refractivity contribution in [1.82, 2.24) is 4.98 Å². The zero-order valence-corrected chi connectivity index (χ0v) is 10.0. The second-order valence-corrected chi connectivity index (χ2v) is 4.23. The summed E-state index contributed by atoms with van der Waals surface area (Å²) >= 11 is 3.15. The Morgan fingerprint density at radius 3 is 2.59 bits per heavy atom. The van der Waals surface area contributed by atoms with Crippen molar-refractivity contribution in [3.63, 3.8) is 0 Å². The van der Waals surface area contributed by atoms with Crippen LogP contribution in [0.4, 0.5) is 8.78 Å². The lowest BCUT2D eigenvalue weighted by Gasteiger charge is -2.02. The molecular weight excluding hydrogens is 292 g/mol. The molecule has 0 spiro atoms. The summed E-state index contributed by atoms with van der Waals surface area (Å²) in [5, 5.41) is 0. The minimum atomic E-state index is -0.635. The number of carbonyl (C=O) groups excluding carboxylic acids is 1. The lowest BCUT2D eigenvalue weighted by atomic mass is 10.1. The average molecular weight is 298 g/mol. The lowest BCUT2D eigenvalue weighted by molar-refractivity contribution is 0.103. The van der Waals surface area contributed by atoms with Crippen molar-refractivity contribution < 1.29 is 13.6 Å². The van der Waals surface area contributed by atoms with Gasteiger partial charge in [-0.2, -0.15) is 0 Å². The van der Waals surface area contributed by atoms with E-state index in [1.165, 1.54) is 24.3 Å². The van der Waals surface area contributed by atoms with Crippen molar-refractivity contribution in [2.45, 2.75) is 0 Å². The van der Waals surface area contributed by atoms with Gasteiger partial charge in [-0.15, -0.1) is 0 Å². The minimum Gasteiger partial charge on any atom is -0.287 e. The van der Waals surface area contributed by atoms with Crippen molar-refractivity contribution in [1.29, 1.82) is 0 Å². The molecule has 0 aliphatic rings. The molecule has 0 saturated heterocycles. The summed E-state index contributed by atoms with van der Waals surface area (Å²) in [5.41, 5.74) is -0.0955. The molecule has 2 rings (SSSR count). The van der Waals surface area contributed by atoms with Gasteiger partial charge in [0.25, 0.3) is 0 Å². The van der Waals surface area contributed by atoms with Gasteiger partial charge in [0.1, 0.15) is 17.3 Å². The van der Waals surface area contributed by atoms with E-state index in [-0.39, 0.29) is 11.3 Å². The Hall–Kier alpha value is -1.62.